The third-order valence-electron chi connectivity index (χ3n) is 1.76. The van der Waals surface area contributed by atoms with E-state index in [1.165, 1.54) is 18.2 Å². The first-order valence-corrected chi connectivity index (χ1v) is 4.12. The second-order valence-corrected chi connectivity index (χ2v) is 3.20. The molecule has 1 unspecified atom stereocenters. The fourth-order valence-corrected chi connectivity index (χ4v) is 1.11. The van der Waals surface area contributed by atoms with Crippen LogP contribution in [0.3, 0.4) is 0 Å². The molecular weight excluding hydrogens is 198 g/mol. The van der Waals surface area contributed by atoms with Crippen molar-refractivity contribution in [3.63, 3.8) is 0 Å². The molecule has 72 valence electrons. The first-order valence-electron chi connectivity index (χ1n) is 3.74. The van der Waals surface area contributed by atoms with Gasteiger partial charge in [-0.2, -0.15) is 0 Å². The molecule has 1 atom stereocenters. The highest BCUT2D eigenvalue weighted by Crippen LogP contribution is 2.24. The van der Waals surface area contributed by atoms with Gasteiger partial charge >= 0.3 is 0 Å². The van der Waals surface area contributed by atoms with Gasteiger partial charge in [0.2, 0.25) is 0 Å². The van der Waals surface area contributed by atoms with Gasteiger partial charge in [0.15, 0.2) is 0 Å². The van der Waals surface area contributed by atoms with Crippen molar-refractivity contribution >= 4 is 11.6 Å². The van der Waals surface area contributed by atoms with Gasteiger partial charge in [0.25, 0.3) is 6.43 Å². The summed E-state index contributed by atoms with van der Waals surface area (Å²) >= 11 is 5.70. The minimum Gasteiger partial charge on any atom is -0.382 e. The van der Waals surface area contributed by atoms with Gasteiger partial charge in [-0.1, -0.05) is 23.7 Å². The fourth-order valence-electron chi connectivity index (χ4n) is 0.997. The molecule has 0 heterocycles. The molecule has 0 aliphatic heterocycles. The van der Waals surface area contributed by atoms with Crippen molar-refractivity contribution in [3.05, 3.63) is 34.3 Å². The van der Waals surface area contributed by atoms with E-state index in [1.807, 2.05) is 0 Å². The summed E-state index contributed by atoms with van der Waals surface area (Å²) in [6.45, 7) is 1.70. The number of hydrogen-bond acceptors (Lipinski definition) is 1. The molecular formula is C9H9ClF2O. The highest BCUT2D eigenvalue weighted by Gasteiger charge is 2.19. The molecule has 1 aromatic carbocycles. The first kappa shape index (κ1) is 10.4. The number of rotatable bonds is 2. The normalized spacial score (nSPS) is 13.4. The molecule has 0 fully saturated rings. The van der Waals surface area contributed by atoms with Crippen molar-refractivity contribution < 1.29 is 13.9 Å². The van der Waals surface area contributed by atoms with Crippen LogP contribution in [0.25, 0.3) is 0 Å². The van der Waals surface area contributed by atoms with E-state index in [0.717, 1.165) is 0 Å². The van der Waals surface area contributed by atoms with Crippen LogP contribution < -0.4 is 0 Å². The molecule has 0 saturated heterocycles. The lowest BCUT2D eigenvalue weighted by molar-refractivity contribution is -0.00580. The van der Waals surface area contributed by atoms with Crippen LogP contribution in [0.5, 0.6) is 0 Å². The standard InChI is InChI=1S/C9H9ClF2O/c1-5-4-6(2-3-7(5)10)8(13)9(11)12/h2-4,8-9,13H,1H3. The molecule has 0 bridgehead atoms. The Morgan fingerprint density at radius 1 is 1.38 bits per heavy atom. The Balaban J connectivity index is 2.97. The van der Waals surface area contributed by atoms with Gasteiger partial charge in [0.05, 0.1) is 0 Å². The number of benzene rings is 1. The number of hydrogen-bond donors (Lipinski definition) is 1. The minimum atomic E-state index is -2.76. The molecule has 13 heavy (non-hydrogen) atoms. The Kier molecular flexibility index (Phi) is 3.22. The summed E-state index contributed by atoms with van der Waals surface area (Å²) in [5, 5.41) is 9.52. The smallest absolute Gasteiger partial charge is 0.268 e. The molecule has 0 aliphatic rings. The van der Waals surface area contributed by atoms with E-state index in [2.05, 4.69) is 0 Å². The average Bonchev–Trinajstić information content (AvgIpc) is 2.08. The maximum Gasteiger partial charge on any atom is 0.268 e. The number of aliphatic hydroxyl groups is 1. The van der Waals surface area contributed by atoms with E-state index < -0.39 is 12.5 Å². The first-order chi connectivity index (χ1) is 6.02. The molecule has 1 aromatic rings. The maximum atomic E-state index is 12.1. The SMILES string of the molecule is Cc1cc(C(O)C(F)F)ccc1Cl. The Bertz CT molecular complexity index is 302. The van der Waals surface area contributed by atoms with Crippen molar-refractivity contribution in [2.75, 3.05) is 0 Å². The molecule has 0 radical (unpaired) electrons. The zero-order chi connectivity index (χ0) is 10.0. The number of aliphatic hydroxyl groups excluding tert-OH is 1. The fraction of sp³-hybridized carbons (Fsp3) is 0.333. The molecule has 0 aromatic heterocycles. The van der Waals surface area contributed by atoms with Gasteiger partial charge in [-0.15, -0.1) is 0 Å². The van der Waals surface area contributed by atoms with Gasteiger partial charge in [0.1, 0.15) is 6.10 Å². The van der Waals surface area contributed by atoms with Crippen LogP contribution >= 0.6 is 11.6 Å². The summed E-state index contributed by atoms with van der Waals surface area (Å²) in [7, 11) is 0. The van der Waals surface area contributed by atoms with Gasteiger partial charge < -0.3 is 5.11 Å². The Hall–Kier alpha value is -0.670. The molecule has 1 rings (SSSR count). The van der Waals surface area contributed by atoms with E-state index in [-0.39, 0.29) is 5.56 Å². The van der Waals surface area contributed by atoms with Crippen LogP contribution in [0.2, 0.25) is 5.02 Å². The third kappa shape index (κ3) is 2.39. The highest BCUT2D eigenvalue weighted by atomic mass is 35.5. The molecule has 0 amide bonds. The van der Waals surface area contributed by atoms with Crippen LogP contribution in [0.1, 0.15) is 17.2 Å². The summed E-state index contributed by atoms with van der Waals surface area (Å²) < 4.78 is 24.1. The van der Waals surface area contributed by atoms with E-state index in [4.69, 9.17) is 16.7 Å². The zero-order valence-electron chi connectivity index (χ0n) is 6.97. The van der Waals surface area contributed by atoms with Crippen molar-refractivity contribution in [2.45, 2.75) is 19.5 Å². The van der Waals surface area contributed by atoms with Crippen LogP contribution in [0, 0.1) is 6.92 Å². The lowest BCUT2D eigenvalue weighted by atomic mass is 10.1. The summed E-state index contributed by atoms with van der Waals surface area (Å²) in [4.78, 5) is 0. The Morgan fingerprint density at radius 2 is 2.00 bits per heavy atom. The van der Waals surface area contributed by atoms with Crippen molar-refractivity contribution in [1.29, 1.82) is 0 Å². The number of aryl methyl sites for hydroxylation is 1. The van der Waals surface area contributed by atoms with Crippen LogP contribution in [0.15, 0.2) is 18.2 Å². The molecule has 0 aliphatic carbocycles. The van der Waals surface area contributed by atoms with Crippen molar-refractivity contribution in [1.82, 2.24) is 0 Å². The summed E-state index contributed by atoms with van der Waals surface area (Å²) in [5.74, 6) is 0. The average molecular weight is 207 g/mol. The third-order valence-corrected chi connectivity index (χ3v) is 2.19. The number of alkyl halides is 2. The molecule has 0 spiro atoms. The zero-order valence-corrected chi connectivity index (χ0v) is 7.72. The number of halogens is 3. The lowest BCUT2D eigenvalue weighted by Gasteiger charge is -2.10. The van der Waals surface area contributed by atoms with E-state index in [9.17, 15) is 8.78 Å². The highest BCUT2D eigenvalue weighted by molar-refractivity contribution is 6.31. The Labute approximate surface area is 80.0 Å². The summed E-state index contributed by atoms with van der Waals surface area (Å²) in [6.07, 6.45) is -4.49. The second-order valence-electron chi connectivity index (χ2n) is 2.79. The largest absolute Gasteiger partial charge is 0.382 e. The molecule has 1 nitrogen and oxygen atoms in total. The van der Waals surface area contributed by atoms with Gasteiger partial charge in [-0.25, -0.2) is 8.78 Å². The monoisotopic (exact) mass is 206 g/mol. The molecule has 1 N–H and O–H groups in total. The van der Waals surface area contributed by atoms with Gasteiger partial charge in [-0.3, -0.25) is 0 Å². The lowest BCUT2D eigenvalue weighted by Crippen LogP contribution is -2.07. The molecule has 0 saturated carbocycles. The molecule has 4 heteroatoms. The van der Waals surface area contributed by atoms with Crippen LogP contribution in [0.4, 0.5) is 8.78 Å². The van der Waals surface area contributed by atoms with Crippen molar-refractivity contribution in [2.24, 2.45) is 0 Å². The predicted molar refractivity (Wildman–Crippen MR) is 47.2 cm³/mol. The van der Waals surface area contributed by atoms with E-state index >= 15 is 0 Å². The van der Waals surface area contributed by atoms with Gasteiger partial charge in [-0.05, 0) is 24.1 Å². The van der Waals surface area contributed by atoms with Crippen molar-refractivity contribution in [3.8, 4) is 0 Å². The minimum absolute atomic E-state index is 0.192. The summed E-state index contributed by atoms with van der Waals surface area (Å²) in [5.41, 5.74) is 0.871. The topological polar surface area (TPSA) is 20.2 Å². The van der Waals surface area contributed by atoms with Gasteiger partial charge in [0, 0.05) is 5.02 Å². The van der Waals surface area contributed by atoms with E-state index in [0.29, 0.717) is 10.6 Å². The quantitative estimate of drug-likeness (QED) is 0.789. The van der Waals surface area contributed by atoms with Crippen LogP contribution in [-0.2, 0) is 0 Å². The second kappa shape index (κ2) is 4.03. The Morgan fingerprint density at radius 3 is 2.46 bits per heavy atom. The van der Waals surface area contributed by atoms with Crippen LogP contribution in [-0.4, -0.2) is 11.5 Å². The maximum absolute atomic E-state index is 12.1. The summed E-state index contributed by atoms with van der Waals surface area (Å²) in [6, 6.07) is 4.35. The van der Waals surface area contributed by atoms with E-state index in [1.54, 1.807) is 6.92 Å². The predicted octanol–water partition coefficient (Wildman–Crippen LogP) is 2.95.